The first-order chi connectivity index (χ1) is 7.38. The van der Waals surface area contributed by atoms with E-state index in [-0.39, 0.29) is 21.2 Å². The van der Waals surface area contributed by atoms with Crippen LogP contribution in [0.15, 0.2) is 54.6 Å². The van der Waals surface area contributed by atoms with Crippen LogP contribution in [0.2, 0.25) is 0 Å². The molecule has 1 N–H and O–H groups in total. The molecule has 0 atom stereocenters. The monoisotopic (exact) mass is 310 g/mol. The summed E-state index contributed by atoms with van der Waals surface area (Å²) in [5.41, 5.74) is 2.32. The van der Waals surface area contributed by atoms with E-state index in [4.69, 9.17) is 0 Å². The third kappa shape index (κ3) is 2.96. The molecule has 0 saturated carbocycles. The Hall–Kier alpha value is -1.03. The molecule has 0 aliphatic carbocycles. The summed E-state index contributed by atoms with van der Waals surface area (Å²) in [5.74, 6) is 0. The topological polar surface area (TPSA) is 12.0 Å². The predicted molar refractivity (Wildman–Crippen MR) is 60.8 cm³/mol. The SMILES string of the molecule is C[I-]c1cccc(Nc2ccccc2)c1. The number of benzene rings is 2. The van der Waals surface area contributed by atoms with Crippen LogP contribution in [0, 0.1) is 3.57 Å². The Morgan fingerprint density at radius 1 is 0.867 bits per heavy atom. The van der Waals surface area contributed by atoms with Gasteiger partial charge in [0.1, 0.15) is 0 Å². The van der Waals surface area contributed by atoms with Gasteiger partial charge in [0.25, 0.3) is 0 Å². The van der Waals surface area contributed by atoms with Gasteiger partial charge in [0.05, 0.1) is 0 Å². The number of hydrogen-bond donors (Lipinski definition) is 1. The van der Waals surface area contributed by atoms with Gasteiger partial charge in [0.2, 0.25) is 0 Å². The summed E-state index contributed by atoms with van der Waals surface area (Å²) < 4.78 is 1.47. The molecule has 0 aliphatic heterocycles. The molecular formula is C13H13IN-. The average Bonchev–Trinajstić information content (AvgIpc) is 2.31. The molecule has 0 heterocycles. The number of para-hydroxylation sites is 1. The quantitative estimate of drug-likeness (QED) is 0.636. The fraction of sp³-hybridized carbons (Fsp3) is 0.0769. The van der Waals surface area contributed by atoms with Gasteiger partial charge in [-0.15, -0.1) is 0 Å². The first-order valence-corrected chi connectivity index (χ1v) is 8.04. The van der Waals surface area contributed by atoms with E-state index in [1.165, 1.54) is 9.26 Å². The zero-order chi connectivity index (χ0) is 10.5. The average molecular weight is 310 g/mol. The van der Waals surface area contributed by atoms with Crippen molar-refractivity contribution in [3.05, 3.63) is 58.2 Å². The summed E-state index contributed by atoms with van der Waals surface area (Å²) >= 11 is 0.176. The molecular weight excluding hydrogens is 297 g/mol. The minimum absolute atomic E-state index is 0.176. The third-order valence-corrected chi connectivity index (χ3v) is 4.02. The summed E-state index contributed by atoms with van der Waals surface area (Å²) in [7, 11) is 0. The number of alkyl halides is 1. The Labute approximate surface area is 101 Å². The molecule has 0 unspecified atom stereocenters. The summed E-state index contributed by atoms with van der Waals surface area (Å²) in [5, 5.41) is 3.40. The van der Waals surface area contributed by atoms with E-state index in [2.05, 4.69) is 46.6 Å². The normalized spacial score (nSPS) is 10.2. The Balaban J connectivity index is 2.17. The van der Waals surface area contributed by atoms with Gasteiger partial charge >= 0.3 is 101 Å². The van der Waals surface area contributed by atoms with Crippen molar-refractivity contribution in [3.63, 3.8) is 0 Å². The van der Waals surface area contributed by atoms with Crippen LogP contribution in [0.4, 0.5) is 11.4 Å². The summed E-state index contributed by atoms with van der Waals surface area (Å²) in [6.45, 7) is 0. The number of halogens is 1. The van der Waals surface area contributed by atoms with Crippen molar-refractivity contribution < 1.29 is 21.2 Å². The fourth-order valence-corrected chi connectivity index (χ4v) is 2.59. The Morgan fingerprint density at radius 2 is 1.60 bits per heavy atom. The number of anilines is 2. The molecule has 2 rings (SSSR count). The molecule has 2 aromatic carbocycles. The van der Waals surface area contributed by atoms with Crippen molar-refractivity contribution in [3.8, 4) is 0 Å². The van der Waals surface area contributed by atoms with Crippen molar-refractivity contribution in [2.24, 2.45) is 0 Å². The fourth-order valence-electron chi connectivity index (χ4n) is 1.37. The van der Waals surface area contributed by atoms with E-state index in [1.807, 2.05) is 18.2 Å². The van der Waals surface area contributed by atoms with Crippen LogP contribution in [-0.4, -0.2) is 4.93 Å². The minimum atomic E-state index is 0.176. The van der Waals surface area contributed by atoms with Gasteiger partial charge in [-0.2, -0.15) is 0 Å². The Kier molecular flexibility index (Phi) is 3.61. The maximum atomic E-state index is 3.40. The number of nitrogens with one attached hydrogen (secondary N) is 1. The molecule has 0 fully saturated rings. The van der Waals surface area contributed by atoms with Crippen LogP contribution >= 0.6 is 0 Å². The van der Waals surface area contributed by atoms with Crippen LogP contribution in [0.3, 0.4) is 0 Å². The van der Waals surface area contributed by atoms with Gasteiger partial charge in [-0.3, -0.25) is 0 Å². The first-order valence-electron chi connectivity index (χ1n) is 4.80. The van der Waals surface area contributed by atoms with E-state index in [9.17, 15) is 0 Å². The second kappa shape index (κ2) is 5.16. The second-order valence-corrected chi connectivity index (χ2v) is 5.51. The van der Waals surface area contributed by atoms with Crippen LogP contribution in [0.25, 0.3) is 0 Å². The Bertz CT molecular complexity index is 426. The zero-order valence-electron chi connectivity index (χ0n) is 8.57. The first kappa shape index (κ1) is 10.5. The van der Waals surface area contributed by atoms with Gasteiger partial charge in [0.15, 0.2) is 0 Å². The van der Waals surface area contributed by atoms with Gasteiger partial charge in [-0.05, 0) is 0 Å². The van der Waals surface area contributed by atoms with Gasteiger partial charge in [-0.1, -0.05) is 0 Å². The molecule has 0 amide bonds. The van der Waals surface area contributed by atoms with Gasteiger partial charge in [-0.25, -0.2) is 0 Å². The second-order valence-electron chi connectivity index (χ2n) is 3.19. The third-order valence-electron chi connectivity index (χ3n) is 2.11. The van der Waals surface area contributed by atoms with Crippen molar-refractivity contribution in [1.29, 1.82) is 0 Å². The number of hydrogen-bond acceptors (Lipinski definition) is 1. The molecule has 0 radical (unpaired) electrons. The maximum absolute atomic E-state index is 3.40. The molecule has 78 valence electrons. The molecule has 0 aliphatic rings. The van der Waals surface area contributed by atoms with E-state index < -0.39 is 0 Å². The van der Waals surface area contributed by atoms with Crippen LogP contribution < -0.4 is 26.5 Å². The van der Waals surface area contributed by atoms with Crippen LogP contribution in [0.1, 0.15) is 0 Å². The molecule has 2 heteroatoms. The molecule has 0 saturated heterocycles. The zero-order valence-corrected chi connectivity index (χ0v) is 10.7. The van der Waals surface area contributed by atoms with E-state index >= 15 is 0 Å². The van der Waals surface area contributed by atoms with Crippen molar-refractivity contribution in [2.75, 3.05) is 10.2 Å². The van der Waals surface area contributed by atoms with E-state index in [0.717, 1.165) is 5.69 Å². The summed E-state index contributed by atoms with van der Waals surface area (Å²) in [4.78, 5) is 2.28. The standard InChI is InChI=1S/C13H13IN/c1-14-11-6-5-9-13(10-11)15-12-7-3-2-4-8-12/h2-10,15H,1H3/q-1. The molecule has 0 aromatic heterocycles. The van der Waals surface area contributed by atoms with Crippen molar-refractivity contribution in [2.45, 2.75) is 0 Å². The number of rotatable bonds is 3. The molecule has 1 nitrogen and oxygen atoms in total. The van der Waals surface area contributed by atoms with Gasteiger partial charge in [0, 0.05) is 0 Å². The van der Waals surface area contributed by atoms with Crippen molar-refractivity contribution in [1.82, 2.24) is 0 Å². The van der Waals surface area contributed by atoms with Crippen LogP contribution in [-0.2, 0) is 0 Å². The summed E-state index contributed by atoms with van der Waals surface area (Å²) in [6.07, 6.45) is 0. The predicted octanol–water partition coefficient (Wildman–Crippen LogP) is 0.319. The molecule has 15 heavy (non-hydrogen) atoms. The Morgan fingerprint density at radius 3 is 2.33 bits per heavy atom. The van der Waals surface area contributed by atoms with Gasteiger partial charge < -0.3 is 0 Å². The van der Waals surface area contributed by atoms with Crippen molar-refractivity contribution >= 4 is 11.4 Å². The molecule has 0 bridgehead atoms. The van der Waals surface area contributed by atoms with E-state index in [1.54, 1.807) is 0 Å². The van der Waals surface area contributed by atoms with E-state index in [0.29, 0.717) is 0 Å². The summed E-state index contributed by atoms with van der Waals surface area (Å²) in [6, 6.07) is 18.9. The molecule has 2 aromatic rings. The molecule has 0 spiro atoms. The van der Waals surface area contributed by atoms with Crippen LogP contribution in [0.5, 0.6) is 0 Å².